The molecule has 0 heterocycles. The van der Waals surface area contributed by atoms with Crippen LogP contribution in [-0.2, 0) is 48.3 Å². The molecule has 17 heavy (non-hydrogen) atoms. The first-order chi connectivity index (χ1) is 6.46. The van der Waals surface area contributed by atoms with E-state index in [4.69, 9.17) is 34.6 Å². The van der Waals surface area contributed by atoms with Gasteiger partial charge in [0.15, 0.2) is 6.10 Å². The Morgan fingerprint density at radius 3 is 1.35 bits per heavy atom. The summed E-state index contributed by atoms with van der Waals surface area (Å²) in [5.74, 6) is -3.83. The smallest absolute Gasteiger partial charge is 0.822 e. The van der Waals surface area contributed by atoms with Crippen molar-refractivity contribution in [3.63, 3.8) is 0 Å². The third kappa shape index (κ3) is 21.8. The van der Waals surface area contributed by atoms with Crippen LogP contribution >= 0.6 is 7.82 Å². The van der Waals surface area contributed by atoms with Crippen LogP contribution in [0, 0.1) is 0 Å². The minimum atomic E-state index is -5.39. The number of aliphatic hydroxyl groups is 2. The number of carbonyl (C=O) groups is 2. The number of carbonyl (C=O) groups excluding carboxylic acids is 1. The van der Waals surface area contributed by atoms with Gasteiger partial charge in [-0.05, 0) is 0 Å². The van der Waals surface area contributed by atoms with Gasteiger partial charge in [0.2, 0.25) is 0 Å². The molecule has 0 aromatic carbocycles. The van der Waals surface area contributed by atoms with E-state index in [9.17, 15) is 14.7 Å². The Morgan fingerprint density at radius 2 is 1.29 bits per heavy atom. The standard InChI is InChI=1S/C4H6O6.Cu.Fe.H3O4P/c5-1(3(7)8)2(6)4(9)10;;;1-5(2,3)4/h1-2,5-6H,(H,7,8)(H,9,10);;;(H3,1,2,3,4)/q;2*+2;/p-4. The van der Waals surface area contributed by atoms with E-state index >= 15 is 0 Å². The SMILES string of the molecule is O=C([O-])C(O)C(O)C(=O)O.O=P([O-])([O-])[O-].[Cu+2].[Fe+2]. The molecule has 0 aliphatic carbocycles. The second-order valence-corrected chi connectivity index (χ2v) is 2.89. The Morgan fingerprint density at radius 1 is 1.06 bits per heavy atom. The summed E-state index contributed by atoms with van der Waals surface area (Å²) in [6.45, 7) is 0. The van der Waals surface area contributed by atoms with Gasteiger partial charge < -0.3 is 44.5 Å². The zero-order valence-electron chi connectivity index (χ0n) is 7.46. The van der Waals surface area contributed by atoms with E-state index in [-0.39, 0.29) is 34.1 Å². The molecule has 0 aromatic heterocycles. The van der Waals surface area contributed by atoms with E-state index in [1.54, 1.807) is 0 Å². The van der Waals surface area contributed by atoms with Crippen molar-refractivity contribution in [2.75, 3.05) is 0 Å². The van der Waals surface area contributed by atoms with Crippen LogP contribution in [0.2, 0.25) is 0 Å². The van der Waals surface area contributed by atoms with E-state index in [0.717, 1.165) is 0 Å². The molecule has 0 aromatic rings. The van der Waals surface area contributed by atoms with Gasteiger partial charge in [0, 0.05) is 0 Å². The predicted octanol–water partition coefficient (Wildman–Crippen LogP) is -6.29. The van der Waals surface area contributed by atoms with Crippen LogP contribution < -0.4 is 19.8 Å². The molecule has 0 saturated heterocycles. The summed E-state index contributed by atoms with van der Waals surface area (Å²) in [6, 6.07) is 0. The molecule has 13 heteroatoms. The maximum absolute atomic E-state index is 9.74. The topological polar surface area (TPSA) is 204 Å². The molecule has 2 unspecified atom stereocenters. The van der Waals surface area contributed by atoms with Crippen molar-refractivity contribution in [2.45, 2.75) is 12.2 Å². The molecular weight excluding hydrogens is 358 g/mol. The number of aliphatic hydroxyl groups excluding tert-OH is 2. The Hall–Kier alpha value is 0.00896. The molecular formula is C4H5CuFeO10P. The van der Waals surface area contributed by atoms with Gasteiger partial charge in [0.25, 0.3) is 0 Å². The quantitative estimate of drug-likeness (QED) is 0.319. The molecule has 0 fully saturated rings. The van der Waals surface area contributed by atoms with Gasteiger partial charge in [0.05, 0.1) is 5.97 Å². The van der Waals surface area contributed by atoms with E-state index in [1.807, 2.05) is 0 Å². The normalized spacial score (nSPS) is 12.8. The zero-order valence-corrected chi connectivity index (χ0v) is 10.4. The number of carboxylic acids is 2. The van der Waals surface area contributed by atoms with Crippen LogP contribution in [0.4, 0.5) is 0 Å². The van der Waals surface area contributed by atoms with Crippen molar-refractivity contribution in [2.24, 2.45) is 0 Å². The second-order valence-electron chi connectivity index (χ2n) is 1.99. The summed E-state index contributed by atoms with van der Waals surface area (Å²) in [5, 5.41) is 34.1. The first-order valence-corrected chi connectivity index (χ1v) is 4.45. The molecule has 0 spiro atoms. The molecule has 10 nitrogen and oxygen atoms in total. The van der Waals surface area contributed by atoms with Crippen molar-refractivity contribution in [1.82, 2.24) is 0 Å². The molecule has 105 valence electrons. The summed E-state index contributed by atoms with van der Waals surface area (Å²) < 4.78 is 8.55. The van der Waals surface area contributed by atoms with Crippen LogP contribution in [0.15, 0.2) is 0 Å². The summed E-state index contributed by atoms with van der Waals surface area (Å²) >= 11 is 0. The first kappa shape index (κ1) is 25.8. The Bertz CT molecular complexity index is 251. The van der Waals surface area contributed by atoms with Crippen LogP contribution in [0.3, 0.4) is 0 Å². The number of hydrogen-bond acceptors (Lipinski definition) is 9. The number of phosphoric acid groups is 1. The fourth-order valence-corrected chi connectivity index (χ4v) is 0.264. The van der Waals surface area contributed by atoms with Gasteiger partial charge in [-0.15, -0.1) is 0 Å². The second kappa shape index (κ2) is 11.1. The van der Waals surface area contributed by atoms with Crippen molar-refractivity contribution < 1.29 is 83.4 Å². The average molecular weight is 363 g/mol. The molecule has 0 saturated carbocycles. The number of rotatable bonds is 3. The van der Waals surface area contributed by atoms with Gasteiger partial charge in [-0.25, -0.2) is 4.79 Å². The summed E-state index contributed by atoms with van der Waals surface area (Å²) in [6.07, 6.45) is -4.71. The average Bonchev–Trinajstić information content (AvgIpc) is 1.98. The van der Waals surface area contributed by atoms with Crippen LogP contribution in [0.25, 0.3) is 0 Å². The van der Waals surface area contributed by atoms with E-state index < -0.39 is 32.0 Å². The molecule has 0 aliphatic heterocycles. The minimum Gasteiger partial charge on any atom is -0.822 e. The number of carboxylic acid groups (broad SMARTS) is 2. The summed E-state index contributed by atoms with van der Waals surface area (Å²) in [4.78, 5) is 45.1. The fourth-order valence-electron chi connectivity index (χ4n) is 0.264. The van der Waals surface area contributed by atoms with E-state index in [1.165, 1.54) is 0 Å². The van der Waals surface area contributed by atoms with E-state index in [2.05, 4.69) is 0 Å². The van der Waals surface area contributed by atoms with Crippen molar-refractivity contribution in [3.8, 4) is 0 Å². The maximum Gasteiger partial charge on any atom is 2.00 e. The van der Waals surface area contributed by atoms with Gasteiger partial charge in [0.1, 0.15) is 6.10 Å². The largest absolute Gasteiger partial charge is 2.00 e. The third-order valence-electron chi connectivity index (χ3n) is 0.794. The third-order valence-corrected chi connectivity index (χ3v) is 0.794. The monoisotopic (exact) mass is 363 g/mol. The van der Waals surface area contributed by atoms with Crippen LogP contribution in [-0.4, -0.2) is 39.5 Å². The van der Waals surface area contributed by atoms with Gasteiger partial charge in [-0.3, -0.25) is 0 Å². The number of hydrogen-bond donors (Lipinski definition) is 3. The Kier molecular flexibility index (Phi) is 16.8. The van der Waals surface area contributed by atoms with Crippen molar-refractivity contribution in [1.29, 1.82) is 0 Å². The fraction of sp³-hybridized carbons (Fsp3) is 0.500. The number of aliphatic carboxylic acids is 2. The summed E-state index contributed by atoms with van der Waals surface area (Å²) in [5.41, 5.74) is 0. The van der Waals surface area contributed by atoms with Gasteiger partial charge in [-0.2, -0.15) is 7.82 Å². The summed E-state index contributed by atoms with van der Waals surface area (Å²) in [7, 11) is -5.39. The molecule has 0 bridgehead atoms. The Balaban J connectivity index is -0.000000105. The predicted molar refractivity (Wildman–Crippen MR) is 32.3 cm³/mol. The molecule has 1 radical (unpaired) electrons. The minimum absolute atomic E-state index is 0. The van der Waals surface area contributed by atoms with Crippen molar-refractivity contribution in [3.05, 3.63) is 0 Å². The van der Waals surface area contributed by atoms with E-state index in [0.29, 0.717) is 0 Å². The molecule has 3 N–H and O–H groups in total. The van der Waals surface area contributed by atoms with Gasteiger partial charge >= 0.3 is 40.1 Å². The molecule has 0 rings (SSSR count). The maximum atomic E-state index is 9.74. The van der Waals surface area contributed by atoms with Crippen LogP contribution in [0.1, 0.15) is 0 Å². The Labute approximate surface area is 115 Å². The first-order valence-electron chi connectivity index (χ1n) is 2.99. The van der Waals surface area contributed by atoms with Crippen molar-refractivity contribution >= 4 is 19.8 Å². The molecule has 2 atom stereocenters. The van der Waals surface area contributed by atoms with Gasteiger partial charge in [-0.1, -0.05) is 0 Å². The van der Waals surface area contributed by atoms with Crippen LogP contribution in [0.5, 0.6) is 0 Å². The molecule has 0 amide bonds. The molecule has 0 aliphatic rings. The zero-order chi connectivity index (χ0) is 12.8.